The second-order valence-corrected chi connectivity index (χ2v) is 5.46. The second kappa shape index (κ2) is 4.67. The van der Waals surface area contributed by atoms with Crippen molar-refractivity contribution in [2.75, 3.05) is 0 Å². The van der Waals surface area contributed by atoms with E-state index >= 15 is 0 Å². The van der Waals surface area contributed by atoms with E-state index in [1.165, 1.54) is 0 Å². The molecule has 2 aliphatic rings. The van der Waals surface area contributed by atoms with Gasteiger partial charge in [0.1, 0.15) is 0 Å². The van der Waals surface area contributed by atoms with Crippen molar-refractivity contribution in [3.8, 4) is 0 Å². The third-order valence-corrected chi connectivity index (χ3v) is 4.49. The fourth-order valence-corrected chi connectivity index (χ4v) is 3.45. The molecule has 1 N–H and O–H groups in total. The van der Waals surface area contributed by atoms with Crippen LogP contribution in [0.15, 0.2) is 23.8 Å². The van der Waals surface area contributed by atoms with Gasteiger partial charge in [0.25, 0.3) is 0 Å². The molecule has 0 aliphatic heterocycles. The van der Waals surface area contributed by atoms with Crippen LogP contribution in [0.5, 0.6) is 0 Å². The second-order valence-electron chi connectivity index (χ2n) is 5.46. The average Bonchev–Trinajstić information content (AvgIpc) is 2.37. The molecule has 0 spiro atoms. The Bertz CT molecular complexity index is 451. The number of rotatable bonds is 2. The van der Waals surface area contributed by atoms with Gasteiger partial charge in [-0.3, -0.25) is 0 Å². The summed E-state index contributed by atoms with van der Waals surface area (Å²) in [7, 11) is 0. The Hall–Kier alpha value is -1.05. The molecule has 0 aromatic heterocycles. The maximum Gasteiger partial charge on any atom is 0.331 e. The van der Waals surface area contributed by atoms with Crippen molar-refractivity contribution in [3.63, 3.8) is 0 Å². The van der Waals surface area contributed by atoms with Crippen LogP contribution in [0, 0.1) is 23.7 Å². The molecule has 0 heterocycles. The van der Waals surface area contributed by atoms with Gasteiger partial charge < -0.3 is 5.11 Å². The summed E-state index contributed by atoms with van der Waals surface area (Å²) < 4.78 is 22.7. The first kappa shape index (κ1) is 8.96. The number of carboxylic acid groups (broad SMARTS) is 1. The highest BCUT2D eigenvalue weighted by Crippen LogP contribution is 2.47. The Morgan fingerprint density at radius 2 is 2.29 bits per heavy atom. The fourth-order valence-electron chi connectivity index (χ4n) is 3.45. The predicted molar refractivity (Wildman–Crippen MR) is 68.6 cm³/mol. The highest BCUT2D eigenvalue weighted by Gasteiger charge is 2.39. The topological polar surface area (TPSA) is 37.3 Å². The normalized spacial score (nSPS) is 40.3. The molecule has 17 heavy (non-hydrogen) atoms. The summed E-state index contributed by atoms with van der Waals surface area (Å²) in [6, 6.07) is 0. The summed E-state index contributed by atoms with van der Waals surface area (Å²) in [6.07, 6.45) is 5.08. The van der Waals surface area contributed by atoms with Crippen LogP contribution < -0.4 is 0 Å². The zero-order chi connectivity index (χ0) is 15.1. The Kier molecular flexibility index (Phi) is 2.46. The van der Waals surface area contributed by atoms with Crippen molar-refractivity contribution in [1.29, 1.82) is 0 Å². The molecule has 0 saturated heterocycles. The van der Waals surface area contributed by atoms with Gasteiger partial charge in [0, 0.05) is 9.69 Å². The quantitative estimate of drug-likeness (QED) is 0.453. The highest BCUT2D eigenvalue weighted by molar-refractivity contribution is 5.86. The number of aliphatic carboxylic acids is 1. The molecule has 0 unspecified atom stereocenters. The van der Waals surface area contributed by atoms with Crippen molar-refractivity contribution in [2.24, 2.45) is 23.7 Å². The minimum absolute atomic E-state index is 0.0199. The highest BCUT2D eigenvalue weighted by atomic mass is 16.4. The van der Waals surface area contributed by atoms with Crippen molar-refractivity contribution < 1.29 is 14.0 Å². The lowest BCUT2D eigenvalue weighted by Gasteiger charge is -2.43. The molecule has 0 bridgehead atoms. The van der Waals surface area contributed by atoms with Gasteiger partial charge in [-0.15, -0.1) is 0 Å². The van der Waals surface area contributed by atoms with Crippen LogP contribution in [-0.4, -0.2) is 11.1 Å². The van der Waals surface area contributed by atoms with Crippen LogP contribution in [0.2, 0.25) is 0 Å². The molecule has 2 nitrogen and oxygen atoms in total. The number of allylic oxidation sites excluding steroid dienone is 2. The minimum Gasteiger partial charge on any atom is -0.478 e. The Balaban J connectivity index is 2.33. The minimum atomic E-state index is -2.05. The molecule has 1 saturated carbocycles. The lowest BCUT2D eigenvalue weighted by Crippen LogP contribution is -2.36. The maximum absolute atomic E-state index is 11.2. The van der Waals surface area contributed by atoms with Gasteiger partial charge in [-0.2, -0.15) is 0 Å². The monoisotopic (exact) mass is 238 g/mol. The third kappa shape index (κ3) is 2.31. The average molecular weight is 238 g/mol. The van der Waals surface area contributed by atoms with Crippen molar-refractivity contribution in [1.82, 2.24) is 0 Å². The molecule has 1 fully saturated rings. The van der Waals surface area contributed by atoms with Gasteiger partial charge >= 0.3 is 5.97 Å². The summed E-state index contributed by atoms with van der Waals surface area (Å²) in [5.74, 6) is -0.154. The largest absolute Gasteiger partial charge is 0.478 e. The number of hydrogen-bond donors (Lipinski definition) is 1. The zero-order valence-corrected chi connectivity index (χ0v) is 10.3. The number of carbonyl (C=O) groups is 1. The fraction of sp³-hybridized carbons (Fsp3) is 0.667. The molecule has 0 aromatic rings. The van der Waals surface area contributed by atoms with Crippen molar-refractivity contribution >= 4 is 5.97 Å². The van der Waals surface area contributed by atoms with E-state index in [-0.39, 0.29) is 17.4 Å². The van der Waals surface area contributed by atoms with E-state index in [1.807, 2.05) is 6.08 Å². The first-order chi connectivity index (χ1) is 9.21. The molecule has 0 amide bonds. The van der Waals surface area contributed by atoms with Gasteiger partial charge in [0.2, 0.25) is 0 Å². The summed E-state index contributed by atoms with van der Waals surface area (Å²) in [6.45, 7) is 3.84. The Morgan fingerprint density at radius 3 is 2.94 bits per heavy atom. The summed E-state index contributed by atoms with van der Waals surface area (Å²) in [5, 5.41) is 9.18. The van der Waals surface area contributed by atoms with Crippen LogP contribution in [0.3, 0.4) is 0 Å². The number of carboxylic acids is 1. The molecular formula is C15H22O2. The Morgan fingerprint density at radius 1 is 1.53 bits per heavy atom. The van der Waals surface area contributed by atoms with Gasteiger partial charge in [0.15, 0.2) is 0 Å². The summed E-state index contributed by atoms with van der Waals surface area (Å²) in [4.78, 5) is 11.2. The van der Waals surface area contributed by atoms with Gasteiger partial charge in [-0.1, -0.05) is 25.2 Å². The summed E-state index contributed by atoms with van der Waals surface area (Å²) in [5.41, 5.74) is 0.728. The van der Waals surface area contributed by atoms with Crippen LogP contribution in [0.1, 0.15) is 43.6 Å². The van der Waals surface area contributed by atoms with E-state index in [9.17, 15) is 9.90 Å². The third-order valence-electron chi connectivity index (χ3n) is 4.49. The molecule has 2 aliphatic carbocycles. The number of fused-ring (bicyclic) bond motifs is 1. The first-order valence-electron chi connectivity index (χ1n) is 7.85. The standard InChI is InChI=1S/C15H22O2/c1-9-4-6-12-10(2)5-7-13(14(12)8-9)11(3)15(16)17/h8,10,12-14H,3-7H2,1-2H3,(H,16,17)/t10-,12+,13+,14+/m1/s1/i1+1D3. The lowest BCUT2D eigenvalue weighted by molar-refractivity contribution is -0.133. The lowest BCUT2D eigenvalue weighted by atomic mass is 9.61. The van der Waals surface area contributed by atoms with E-state index in [1.54, 1.807) is 0 Å². The van der Waals surface area contributed by atoms with E-state index < -0.39 is 12.8 Å². The van der Waals surface area contributed by atoms with E-state index in [2.05, 4.69) is 13.5 Å². The molecule has 4 atom stereocenters. The van der Waals surface area contributed by atoms with Crippen molar-refractivity contribution in [3.05, 3.63) is 23.8 Å². The smallest absolute Gasteiger partial charge is 0.331 e. The maximum atomic E-state index is 11.2. The summed E-state index contributed by atoms with van der Waals surface area (Å²) >= 11 is 0. The van der Waals surface area contributed by atoms with E-state index in [0.29, 0.717) is 23.8 Å². The predicted octanol–water partition coefficient (Wildman–Crippen LogP) is 3.65. The molecule has 0 radical (unpaired) electrons. The van der Waals surface area contributed by atoms with Gasteiger partial charge in [-0.05, 0) is 56.2 Å². The zero-order valence-electron chi connectivity index (χ0n) is 13.3. The molecule has 94 valence electrons. The SMILES string of the molecule is [2H][13C]([2H])([2H])C1=C[C@H]2[C@@H](CC1)[C@H](C)CC[C@H]2C(=C)C(=O)O. The van der Waals surface area contributed by atoms with Crippen LogP contribution in [0.4, 0.5) is 0 Å². The number of hydrogen-bond acceptors (Lipinski definition) is 1. The van der Waals surface area contributed by atoms with Crippen molar-refractivity contribution in [2.45, 2.75) is 39.5 Å². The van der Waals surface area contributed by atoms with Gasteiger partial charge in [0.05, 0.1) is 0 Å². The molecular weight excluding hydrogens is 213 g/mol. The van der Waals surface area contributed by atoms with Crippen LogP contribution >= 0.6 is 0 Å². The van der Waals surface area contributed by atoms with Crippen LogP contribution in [0.25, 0.3) is 0 Å². The first-order valence-corrected chi connectivity index (χ1v) is 6.35. The van der Waals surface area contributed by atoms with Crippen LogP contribution in [-0.2, 0) is 4.79 Å². The van der Waals surface area contributed by atoms with Gasteiger partial charge in [-0.25, -0.2) is 4.79 Å². The molecule has 2 rings (SSSR count). The molecule has 2 heteroatoms. The van der Waals surface area contributed by atoms with E-state index in [4.69, 9.17) is 4.11 Å². The Labute approximate surface area is 108 Å². The van der Waals surface area contributed by atoms with E-state index in [0.717, 1.165) is 19.3 Å². The molecule has 0 aromatic carbocycles.